The third-order valence-corrected chi connectivity index (χ3v) is 2.52. The van der Waals surface area contributed by atoms with Crippen LogP contribution in [0.1, 0.15) is 26.2 Å². The number of hydrogen-bond donors (Lipinski definition) is 2. The summed E-state index contributed by atoms with van der Waals surface area (Å²) in [5.41, 5.74) is 5.83. The molecule has 84 valence electrons. The van der Waals surface area contributed by atoms with Crippen LogP contribution in [0.25, 0.3) is 0 Å². The number of aliphatic hydroxyl groups is 1. The molecule has 3 atom stereocenters. The van der Waals surface area contributed by atoms with Crippen molar-refractivity contribution in [2.24, 2.45) is 5.73 Å². The molecule has 0 amide bonds. The second-order valence-electron chi connectivity index (χ2n) is 3.78. The largest absolute Gasteiger partial charge is 0.388 e. The first kappa shape index (κ1) is 11.9. The molecular weight excluding hydrogens is 182 g/mol. The maximum atomic E-state index is 9.44. The fourth-order valence-corrected chi connectivity index (χ4v) is 1.70. The Hall–Kier alpha value is -0.160. The molecule has 1 rings (SSSR count). The fourth-order valence-electron chi connectivity index (χ4n) is 1.70. The van der Waals surface area contributed by atoms with Crippen LogP contribution in [0.5, 0.6) is 0 Å². The molecule has 1 aliphatic rings. The summed E-state index contributed by atoms with van der Waals surface area (Å²) in [6.07, 6.45) is 2.79. The van der Waals surface area contributed by atoms with Crippen LogP contribution in [0.4, 0.5) is 0 Å². The van der Waals surface area contributed by atoms with Crippen molar-refractivity contribution in [3.8, 4) is 0 Å². The first-order chi connectivity index (χ1) is 6.74. The Bertz CT molecular complexity index is 154. The van der Waals surface area contributed by atoms with E-state index < -0.39 is 6.10 Å². The molecule has 3 N–H and O–H groups in total. The van der Waals surface area contributed by atoms with Crippen molar-refractivity contribution < 1.29 is 14.6 Å². The number of rotatable bonds is 6. The highest BCUT2D eigenvalue weighted by atomic mass is 16.5. The second-order valence-corrected chi connectivity index (χ2v) is 3.78. The molecule has 0 heterocycles. The van der Waals surface area contributed by atoms with Gasteiger partial charge in [-0.3, -0.25) is 0 Å². The summed E-state index contributed by atoms with van der Waals surface area (Å²) in [6.45, 7) is 3.21. The smallest absolute Gasteiger partial charge is 0.101 e. The van der Waals surface area contributed by atoms with Crippen molar-refractivity contribution in [1.82, 2.24) is 0 Å². The quantitative estimate of drug-likeness (QED) is 0.651. The molecule has 0 bridgehead atoms. The van der Waals surface area contributed by atoms with Gasteiger partial charge in [0.1, 0.15) is 6.10 Å². The Morgan fingerprint density at radius 2 is 2.21 bits per heavy atom. The first-order valence-corrected chi connectivity index (χ1v) is 5.37. The minimum Gasteiger partial charge on any atom is -0.388 e. The minimum absolute atomic E-state index is 0.131. The van der Waals surface area contributed by atoms with Crippen LogP contribution < -0.4 is 5.73 Å². The molecule has 0 aromatic rings. The van der Waals surface area contributed by atoms with Gasteiger partial charge in [0.05, 0.1) is 19.3 Å². The highest BCUT2D eigenvalue weighted by Gasteiger charge is 2.25. The van der Waals surface area contributed by atoms with Crippen LogP contribution in [0.2, 0.25) is 0 Å². The predicted molar refractivity (Wildman–Crippen MR) is 54.1 cm³/mol. The van der Waals surface area contributed by atoms with E-state index in [9.17, 15) is 5.11 Å². The molecule has 0 aliphatic heterocycles. The van der Waals surface area contributed by atoms with Crippen molar-refractivity contribution in [2.45, 2.75) is 44.4 Å². The van der Waals surface area contributed by atoms with Gasteiger partial charge in [0.15, 0.2) is 0 Å². The Labute approximate surface area is 85.4 Å². The summed E-state index contributed by atoms with van der Waals surface area (Å²) in [5, 5.41) is 9.44. The van der Waals surface area contributed by atoms with Crippen LogP contribution >= 0.6 is 0 Å². The van der Waals surface area contributed by atoms with Gasteiger partial charge in [-0.2, -0.15) is 0 Å². The van der Waals surface area contributed by atoms with E-state index in [1.54, 1.807) is 0 Å². The molecule has 0 aromatic heterocycles. The van der Waals surface area contributed by atoms with Gasteiger partial charge in [0.2, 0.25) is 0 Å². The predicted octanol–water partition coefficient (Wildman–Crippen LogP) is 0.280. The Balaban J connectivity index is 2.07. The highest BCUT2D eigenvalue weighted by Crippen LogP contribution is 2.20. The van der Waals surface area contributed by atoms with E-state index in [1.165, 1.54) is 0 Å². The summed E-state index contributed by atoms with van der Waals surface area (Å²) in [7, 11) is 0. The average Bonchev–Trinajstić information content (AvgIpc) is 2.58. The van der Waals surface area contributed by atoms with E-state index >= 15 is 0 Å². The molecule has 3 unspecified atom stereocenters. The van der Waals surface area contributed by atoms with Crippen molar-refractivity contribution in [2.75, 3.05) is 19.8 Å². The Kier molecular flexibility index (Phi) is 5.40. The topological polar surface area (TPSA) is 64.7 Å². The summed E-state index contributed by atoms with van der Waals surface area (Å²) >= 11 is 0. The molecule has 0 spiro atoms. The number of hydrogen-bond acceptors (Lipinski definition) is 4. The zero-order valence-electron chi connectivity index (χ0n) is 8.82. The maximum absolute atomic E-state index is 9.44. The molecule has 1 saturated carbocycles. The minimum atomic E-state index is -0.525. The van der Waals surface area contributed by atoms with Gasteiger partial charge >= 0.3 is 0 Å². The van der Waals surface area contributed by atoms with Gasteiger partial charge in [0.25, 0.3) is 0 Å². The average molecular weight is 203 g/mol. The van der Waals surface area contributed by atoms with E-state index in [2.05, 4.69) is 0 Å². The second kappa shape index (κ2) is 6.35. The molecule has 14 heavy (non-hydrogen) atoms. The Morgan fingerprint density at radius 1 is 1.43 bits per heavy atom. The molecule has 0 aromatic carbocycles. The molecule has 0 radical (unpaired) electrons. The lowest BCUT2D eigenvalue weighted by Crippen LogP contribution is -2.34. The summed E-state index contributed by atoms with van der Waals surface area (Å²) in [5.74, 6) is 0. The number of nitrogens with two attached hydrogens (primary N) is 1. The van der Waals surface area contributed by atoms with E-state index in [4.69, 9.17) is 15.2 Å². The monoisotopic (exact) mass is 203 g/mol. The zero-order valence-corrected chi connectivity index (χ0v) is 8.82. The number of ether oxygens (including phenoxy) is 2. The lowest BCUT2D eigenvalue weighted by atomic mass is 10.2. The maximum Gasteiger partial charge on any atom is 0.101 e. The zero-order chi connectivity index (χ0) is 10.4. The molecule has 4 heteroatoms. The van der Waals surface area contributed by atoms with Gasteiger partial charge in [-0.25, -0.2) is 0 Å². The highest BCUT2D eigenvalue weighted by molar-refractivity contribution is 4.81. The van der Waals surface area contributed by atoms with Gasteiger partial charge in [0, 0.05) is 12.6 Å². The van der Waals surface area contributed by atoms with Gasteiger partial charge in [-0.05, 0) is 26.2 Å². The lowest BCUT2D eigenvalue weighted by Gasteiger charge is -2.18. The standard InChI is InChI=1S/C10H21NO3/c1-2-13-6-8(12)7-14-10-5-3-4-9(10)11/h8-10,12H,2-7,11H2,1H3. The van der Waals surface area contributed by atoms with Crippen LogP contribution in [0.3, 0.4) is 0 Å². The third-order valence-electron chi connectivity index (χ3n) is 2.52. The summed E-state index contributed by atoms with van der Waals surface area (Å²) in [4.78, 5) is 0. The van der Waals surface area contributed by atoms with E-state index in [0.717, 1.165) is 19.3 Å². The normalized spacial score (nSPS) is 29.4. The van der Waals surface area contributed by atoms with Gasteiger partial charge < -0.3 is 20.3 Å². The third kappa shape index (κ3) is 3.92. The van der Waals surface area contributed by atoms with Crippen LogP contribution in [0, 0.1) is 0 Å². The van der Waals surface area contributed by atoms with Crippen molar-refractivity contribution in [1.29, 1.82) is 0 Å². The fraction of sp³-hybridized carbons (Fsp3) is 1.00. The van der Waals surface area contributed by atoms with E-state index in [-0.39, 0.29) is 12.1 Å². The van der Waals surface area contributed by atoms with Crippen LogP contribution in [-0.4, -0.2) is 43.2 Å². The molecule has 1 aliphatic carbocycles. The van der Waals surface area contributed by atoms with Crippen molar-refractivity contribution >= 4 is 0 Å². The summed E-state index contributed by atoms with van der Waals surface area (Å²) < 4.78 is 10.6. The SMILES string of the molecule is CCOCC(O)COC1CCCC1N. The van der Waals surface area contributed by atoms with Crippen LogP contribution in [0.15, 0.2) is 0 Å². The molecule has 4 nitrogen and oxygen atoms in total. The van der Waals surface area contributed by atoms with Gasteiger partial charge in [-0.1, -0.05) is 0 Å². The first-order valence-electron chi connectivity index (χ1n) is 5.37. The van der Waals surface area contributed by atoms with Crippen LogP contribution in [-0.2, 0) is 9.47 Å². The lowest BCUT2D eigenvalue weighted by molar-refractivity contribution is -0.0441. The summed E-state index contributed by atoms with van der Waals surface area (Å²) in [6, 6.07) is 0.147. The van der Waals surface area contributed by atoms with Crippen molar-refractivity contribution in [3.63, 3.8) is 0 Å². The number of aliphatic hydroxyl groups excluding tert-OH is 1. The van der Waals surface area contributed by atoms with E-state index in [0.29, 0.717) is 19.8 Å². The molecule has 1 fully saturated rings. The van der Waals surface area contributed by atoms with Gasteiger partial charge in [-0.15, -0.1) is 0 Å². The van der Waals surface area contributed by atoms with E-state index in [1.807, 2.05) is 6.92 Å². The molecule has 0 saturated heterocycles. The Morgan fingerprint density at radius 3 is 2.79 bits per heavy atom. The molecular formula is C10H21NO3. The van der Waals surface area contributed by atoms with Crippen molar-refractivity contribution in [3.05, 3.63) is 0 Å².